The zero-order valence-corrected chi connectivity index (χ0v) is 11.1. The van der Waals surface area contributed by atoms with Gasteiger partial charge in [-0.2, -0.15) is 0 Å². The van der Waals surface area contributed by atoms with Crippen LogP contribution in [-0.2, 0) is 6.54 Å². The Kier molecular flexibility index (Phi) is 4.24. The van der Waals surface area contributed by atoms with Gasteiger partial charge in [-0.15, -0.1) is 11.3 Å². The summed E-state index contributed by atoms with van der Waals surface area (Å²) in [6.45, 7) is 2.25. The van der Waals surface area contributed by atoms with Crippen LogP contribution in [0.25, 0.3) is 0 Å². The van der Waals surface area contributed by atoms with Gasteiger partial charge in [-0.3, -0.25) is 0 Å². The van der Waals surface area contributed by atoms with E-state index in [9.17, 15) is 9.18 Å². The third kappa shape index (κ3) is 3.36. The van der Waals surface area contributed by atoms with Gasteiger partial charge in [0.2, 0.25) is 5.01 Å². The largest absolute Gasteiger partial charge is 0.476 e. The van der Waals surface area contributed by atoms with E-state index in [4.69, 9.17) is 5.11 Å². The van der Waals surface area contributed by atoms with Crippen LogP contribution in [0.4, 0.5) is 4.39 Å². The molecule has 19 heavy (non-hydrogen) atoms. The van der Waals surface area contributed by atoms with Crippen molar-refractivity contribution in [3.63, 3.8) is 0 Å². The van der Waals surface area contributed by atoms with Crippen LogP contribution in [0.2, 0.25) is 0 Å². The van der Waals surface area contributed by atoms with Crippen LogP contribution < -0.4 is 5.32 Å². The molecule has 4 nitrogen and oxygen atoms in total. The molecule has 0 bridgehead atoms. The van der Waals surface area contributed by atoms with E-state index in [0.29, 0.717) is 17.8 Å². The minimum atomic E-state index is -1.03. The molecule has 0 saturated heterocycles. The van der Waals surface area contributed by atoms with E-state index in [1.807, 2.05) is 6.92 Å². The minimum Gasteiger partial charge on any atom is -0.476 e. The molecule has 0 aliphatic carbocycles. The fraction of sp³-hybridized carbons (Fsp3) is 0.231. The maximum atomic E-state index is 13.5. The number of carboxylic acids is 1. The second-order valence-electron chi connectivity index (χ2n) is 4.07. The highest BCUT2D eigenvalue weighted by atomic mass is 32.1. The summed E-state index contributed by atoms with van der Waals surface area (Å²) in [5.74, 6) is -1.29. The molecule has 0 fully saturated rings. The molecule has 1 aromatic heterocycles. The summed E-state index contributed by atoms with van der Waals surface area (Å²) < 4.78 is 13.5. The van der Waals surface area contributed by atoms with Gasteiger partial charge >= 0.3 is 5.97 Å². The second kappa shape index (κ2) is 5.90. The molecule has 0 aliphatic rings. The fourth-order valence-electron chi connectivity index (χ4n) is 1.68. The number of thiazole rings is 1. The van der Waals surface area contributed by atoms with E-state index < -0.39 is 5.97 Å². The van der Waals surface area contributed by atoms with Crippen molar-refractivity contribution in [2.24, 2.45) is 0 Å². The molecule has 1 heterocycles. The van der Waals surface area contributed by atoms with Gasteiger partial charge in [0.15, 0.2) is 0 Å². The third-order valence-corrected chi connectivity index (χ3v) is 3.57. The predicted octanol–water partition coefficient (Wildman–Crippen LogP) is 2.83. The highest BCUT2D eigenvalue weighted by molar-refractivity contribution is 7.11. The molecule has 0 aliphatic heterocycles. The molecule has 0 spiro atoms. The topological polar surface area (TPSA) is 62.2 Å². The van der Waals surface area contributed by atoms with Crippen LogP contribution >= 0.6 is 11.3 Å². The minimum absolute atomic E-state index is 0.0651. The van der Waals surface area contributed by atoms with Crippen molar-refractivity contribution in [3.05, 3.63) is 51.7 Å². The molecule has 0 radical (unpaired) electrons. The first-order valence-electron chi connectivity index (χ1n) is 5.73. The van der Waals surface area contributed by atoms with Gasteiger partial charge in [0.1, 0.15) is 5.82 Å². The van der Waals surface area contributed by atoms with Crippen molar-refractivity contribution in [1.29, 1.82) is 0 Å². The molecular weight excluding hydrogens is 267 g/mol. The Morgan fingerprint density at radius 1 is 1.53 bits per heavy atom. The molecule has 1 atom stereocenters. The predicted molar refractivity (Wildman–Crippen MR) is 70.7 cm³/mol. The molecule has 1 unspecified atom stereocenters. The highest BCUT2D eigenvalue weighted by Crippen LogP contribution is 2.17. The lowest BCUT2D eigenvalue weighted by Crippen LogP contribution is -2.19. The number of rotatable bonds is 5. The molecular formula is C13H13FN2O2S. The Bertz CT molecular complexity index is 586. The lowest BCUT2D eigenvalue weighted by molar-refractivity contribution is 0.0696. The van der Waals surface area contributed by atoms with Gasteiger partial charge in [-0.1, -0.05) is 18.2 Å². The van der Waals surface area contributed by atoms with Crippen molar-refractivity contribution < 1.29 is 14.3 Å². The summed E-state index contributed by atoms with van der Waals surface area (Å²) in [5.41, 5.74) is 1.22. The summed E-state index contributed by atoms with van der Waals surface area (Å²) in [6.07, 6.45) is 0. The first-order valence-corrected chi connectivity index (χ1v) is 6.61. The van der Waals surface area contributed by atoms with Crippen LogP contribution in [0.5, 0.6) is 0 Å². The van der Waals surface area contributed by atoms with Crippen molar-refractivity contribution in [1.82, 2.24) is 10.3 Å². The van der Waals surface area contributed by atoms with Crippen LogP contribution in [-0.4, -0.2) is 16.1 Å². The maximum Gasteiger partial charge on any atom is 0.365 e. The Hall–Kier alpha value is -1.79. The quantitative estimate of drug-likeness (QED) is 0.884. The summed E-state index contributed by atoms with van der Waals surface area (Å²) in [7, 11) is 0. The average molecular weight is 280 g/mol. The SMILES string of the molecule is CC(NCc1csc(C(=O)O)n1)c1ccccc1F. The van der Waals surface area contributed by atoms with Gasteiger partial charge in [0.05, 0.1) is 5.69 Å². The van der Waals surface area contributed by atoms with Crippen LogP contribution in [0, 0.1) is 5.82 Å². The number of nitrogens with one attached hydrogen (secondary N) is 1. The van der Waals surface area contributed by atoms with E-state index in [-0.39, 0.29) is 16.9 Å². The Morgan fingerprint density at radius 2 is 2.26 bits per heavy atom. The van der Waals surface area contributed by atoms with Gasteiger partial charge in [0, 0.05) is 23.5 Å². The van der Waals surface area contributed by atoms with E-state index in [0.717, 1.165) is 11.3 Å². The molecule has 0 saturated carbocycles. The smallest absolute Gasteiger partial charge is 0.365 e. The van der Waals surface area contributed by atoms with E-state index in [2.05, 4.69) is 10.3 Å². The first kappa shape index (κ1) is 13.6. The van der Waals surface area contributed by atoms with Crippen LogP contribution in [0.1, 0.15) is 34.0 Å². The molecule has 2 aromatic rings. The van der Waals surface area contributed by atoms with Gasteiger partial charge in [0.25, 0.3) is 0 Å². The third-order valence-electron chi connectivity index (χ3n) is 2.70. The first-order chi connectivity index (χ1) is 9.08. The standard InChI is InChI=1S/C13H13FN2O2S/c1-8(10-4-2-3-5-11(10)14)15-6-9-7-19-12(16-9)13(17)18/h2-5,7-8,15H,6H2,1H3,(H,17,18). The normalized spacial score (nSPS) is 12.3. The summed E-state index contributed by atoms with van der Waals surface area (Å²) in [4.78, 5) is 14.7. The van der Waals surface area contributed by atoms with Gasteiger partial charge in [-0.05, 0) is 13.0 Å². The number of carboxylic acid groups (broad SMARTS) is 1. The van der Waals surface area contributed by atoms with Gasteiger partial charge < -0.3 is 10.4 Å². The Morgan fingerprint density at radius 3 is 2.89 bits per heavy atom. The lowest BCUT2D eigenvalue weighted by atomic mass is 10.1. The number of halogens is 1. The van der Waals surface area contributed by atoms with Crippen molar-refractivity contribution >= 4 is 17.3 Å². The second-order valence-corrected chi connectivity index (χ2v) is 4.93. The number of aromatic carboxylic acids is 1. The Balaban J connectivity index is 1.98. The summed E-state index contributed by atoms with van der Waals surface area (Å²) in [5, 5.41) is 13.6. The molecule has 100 valence electrons. The van der Waals surface area contributed by atoms with Crippen molar-refractivity contribution in [2.75, 3.05) is 0 Å². The van der Waals surface area contributed by atoms with Crippen molar-refractivity contribution in [2.45, 2.75) is 19.5 Å². The summed E-state index contributed by atoms with van der Waals surface area (Å²) >= 11 is 1.08. The fourth-order valence-corrected chi connectivity index (χ4v) is 2.33. The number of carbonyl (C=O) groups is 1. The number of aromatic nitrogens is 1. The van der Waals surface area contributed by atoms with Crippen LogP contribution in [0.3, 0.4) is 0 Å². The summed E-state index contributed by atoms with van der Waals surface area (Å²) in [6, 6.07) is 6.39. The maximum absolute atomic E-state index is 13.5. The number of hydrogen-bond donors (Lipinski definition) is 2. The van der Waals surface area contributed by atoms with E-state index >= 15 is 0 Å². The number of nitrogens with zero attached hydrogens (tertiary/aromatic N) is 1. The average Bonchev–Trinajstić information content (AvgIpc) is 2.85. The molecule has 0 amide bonds. The number of hydrogen-bond acceptors (Lipinski definition) is 4. The van der Waals surface area contributed by atoms with Crippen molar-refractivity contribution in [3.8, 4) is 0 Å². The van der Waals surface area contributed by atoms with E-state index in [1.54, 1.807) is 23.6 Å². The van der Waals surface area contributed by atoms with Crippen LogP contribution in [0.15, 0.2) is 29.6 Å². The Labute approximate surface area is 113 Å². The molecule has 6 heteroatoms. The lowest BCUT2D eigenvalue weighted by Gasteiger charge is -2.13. The van der Waals surface area contributed by atoms with Gasteiger partial charge in [-0.25, -0.2) is 14.2 Å². The van der Waals surface area contributed by atoms with E-state index in [1.165, 1.54) is 6.07 Å². The highest BCUT2D eigenvalue weighted by Gasteiger charge is 2.12. The molecule has 1 aromatic carbocycles. The zero-order chi connectivity index (χ0) is 13.8. The monoisotopic (exact) mass is 280 g/mol. The molecule has 2 rings (SSSR count). The number of benzene rings is 1. The zero-order valence-electron chi connectivity index (χ0n) is 10.3. The molecule has 2 N–H and O–H groups in total.